The average Bonchev–Trinajstić information content (AvgIpc) is 3.67. The van der Waals surface area contributed by atoms with Crippen LogP contribution < -0.4 is 19.7 Å². The van der Waals surface area contributed by atoms with Gasteiger partial charge >= 0.3 is 6.01 Å². The molecule has 3 aliphatic heterocycles. The molecule has 3 aromatic rings. The van der Waals surface area contributed by atoms with Crippen molar-refractivity contribution < 1.29 is 28.5 Å². The number of anilines is 1. The van der Waals surface area contributed by atoms with E-state index in [4.69, 9.17) is 23.7 Å². The number of amides is 1. The molecule has 0 aliphatic carbocycles. The molecule has 37 heavy (non-hydrogen) atoms. The van der Waals surface area contributed by atoms with Crippen LogP contribution in [0.2, 0.25) is 0 Å². The third-order valence-electron chi connectivity index (χ3n) is 6.88. The highest BCUT2D eigenvalue weighted by atomic mass is 16.6. The van der Waals surface area contributed by atoms with Crippen LogP contribution in [0.15, 0.2) is 48.5 Å². The van der Waals surface area contributed by atoms with Crippen LogP contribution in [0, 0.1) is 0 Å². The Morgan fingerprint density at radius 1 is 1.03 bits per heavy atom. The lowest BCUT2D eigenvalue weighted by Crippen LogP contribution is -2.44. The molecule has 2 aromatic carbocycles. The number of ether oxygens (including phenoxy) is 5. The van der Waals surface area contributed by atoms with E-state index in [1.54, 1.807) is 36.1 Å². The number of carbonyl (C=O) groups is 1. The van der Waals surface area contributed by atoms with Gasteiger partial charge < -0.3 is 33.9 Å². The molecular weight excluding hydrogens is 480 g/mol. The molecule has 194 valence electrons. The van der Waals surface area contributed by atoms with Crippen LogP contribution in [-0.2, 0) is 14.2 Å². The summed E-state index contributed by atoms with van der Waals surface area (Å²) in [5, 5.41) is 15.1. The van der Waals surface area contributed by atoms with Crippen LogP contribution in [0.3, 0.4) is 0 Å². The molecule has 1 N–H and O–H groups in total. The molecule has 0 radical (unpaired) electrons. The number of hydrogen-bond acceptors (Lipinski definition) is 10. The predicted octanol–water partition coefficient (Wildman–Crippen LogP) is 1.45. The van der Waals surface area contributed by atoms with Crippen LogP contribution in [0.25, 0.3) is 0 Å². The quantitative estimate of drug-likeness (QED) is 0.502. The molecule has 4 atom stereocenters. The largest absolute Gasteiger partial charge is 0.497 e. The molecular formula is C25H28N6O6. The summed E-state index contributed by atoms with van der Waals surface area (Å²) in [7, 11) is 1.59. The number of aromatic nitrogens is 4. The third kappa shape index (κ3) is 4.82. The molecule has 0 bridgehead atoms. The zero-order valence-electron chi connectivity index (χ0n) is 20.4. The second kappa shape index (κ2) is 10.3. The standard InChI is InChI=1S/C25H28N6O6/c1-33-18-7-5-16(6-8-18)24(32)26-20-14-35-23-21(15-36-22(20)23)31-25(27-28-29-31)37-19-4-2-3-17(13-19)30-9-11-34-12-10-30/h2-8,13,20-23H,9-12,14-15H2,1H3,(H,26,32). The monoisotopic (exact) mass is 508 g/mol. The Balaban J connectivity index is 1.12. The van der Waals surface area contributed by atoms with Crippen molar-refractivity contribution in [3.8, 4) is 17.5 Å². The van der Waals surface area contributed by atoms with E-state index in [0.29, 0.717) is 43.5 Å². The fourth-order valence-corrected chi connectivity index (χ4v) is 4.94. The highest BCUT2D eigenvalue weighted by molar-refractivity contribution is 5.94. The van der Waals surface area contributed by atoms with Gasteiger partial charge in [-0.15, -0.1) is 0 Å². The Hall–Kier alpha value is -3.74. The number of carbonyl (C=O) groups excluding carboxylic acids is 1. The maximum atomic E-state index is 12.8. The van der Waals surface area contributed by atoms with E-state index in [1.807, 2.05) is 24.3 Å². The number of benzene rings is 2. The van der Waals surface area contributed by atoms with Crippen molar-refractivity contribution in [3.63, 3.8) is 0 Å². The zero-order chi connectivity index (χ0) is 25.2. The minimum atomic E-state index is -0.327. The van der Waals surface area contributed by atoms with Crippen molar-refractivity contribution >= 4 is 11.6 Å². The Bertz CT molecular complexity index is 1230. The van der Waals surface area contributed by atoms with Crippen LogP contribution in [0.1, 0.15) is 16.4 Å². The van der Waals surface area contributed by atoms with E-state index >= 15 is 0 Å². The average molecular weight is 509 g/mol. The zero-order valence-corrected chi connectivity index (χ0v) is 20.4. The van der Waals surface area contributed by atoms with Gasteiger partial charge in [-0.3, -0.25) is 4.79 Å². The SMILES string of the molecule is COc1ccc(C(=O)NC2COC3C2OCC3n2nnnc2Oc2cccc(N3CCOCC3)c2)cc1. The molecule has 12 heteroatoms. The summed E-state index contributed by atoms with van der Waals surface area (Å²) in [5.74, 6) is 1.12. The molecule has 6 rings (SSSR count). The molecule has 1 aromatic heterocycles. The smallest absolute Gasteiger partial charge is 0.341 e. The molecule has 12 nitrogen and oxygen atoms in total. The fraction of sp³-hybridized carbons (Fsp3) is 0.440. The number of nitrogens with one attached hydrogen (secondary N) is 1. The van der Waals surface area contributed by atoms with Crippen molar-refractivity contribution in [2.75, 3.05) is 51.5 Å². The van der Waals surface area contributed by atoms with Crippen molar-refractivity contribution in [1.82, 2.24) is 25.5 Å². The topological polar surface area (TPSA) is 122 Å². The van der Waals surface area contributed by atoms with Crippen molar-refractivity contribution in [1.29, 1.82) is 0 Å². The number of rotatable bonds is 7. The number of hydrogen-bond donors (Lipinski definition) is 1. The van der Waals surface area contributed by atoms with E-state index < -0.39 is 0 Å². The van der Waals surface area contributed by atoms with Gasteiger partial charge in [0.1, 0.15) is 29.7 Å². The van der Waals surface area contributed by atoms with Gasteiger partial charge in [0.05, 0.1) is 39.6 Å². The van der Waals surface area contributed by atoms with Gasteiger partial charge in [-0.05, 0) is 46.8 Å². The minimum Gasteiger partial charge on any atom is -0.497 e. The summed E-state index contributed by atoms with van der Waals surface area (Å²) in [4.78, 5) is 15.0. The number of methoxy groups -OCH3 is 1. The van der Waals surface area contributed by atoms with Gasteiger partial charge in [0.2, 0.25) is 0 Å². The summed E-state index contributed by atoms with van der Waals surface area (Å²) in [6.07, 6.45) is -0.652. The van der Waals surface area contributed by atoms with Crippen LogP contribution in [0.5, 0.6) is 17.5 Å². The Kier molecular flexibility index (Phi) is 6.60. The van der Waals surface area contributed by atoms with E-state index in [2.05, 4.69) is 25.7 Å². The van der Waals surface area contributed by atoms with E-state index in [1.165, 1.54) is 0 Å². The van der Waals surface area contributed by atoms with Gasteiger partial charge in [-0.1, -0.05) is 11.2 Å². The summed E-state index contributed by atoms with van der Waals surface area (Å²) in [5.41, 5.74) is 1.59. The van der Waals surface area contributed by atoms with Gasteiger partial charge in [0.25, 0.3) is 5.91 Å². The Morgan fingerprint density at radius 3 is 2.65 bits per heavy atom. The van der Waals surface area contributed by atoms with Crippen LogP contribution >= 0.6 is 0 Å². The van der Waals surface area contributed by atoms with E-state index in [0.717, 1.165) is 18.8 Å². The Morgan fingerprint density at radius 2 is 1.84 bits per heavy atom. The lowest BCUT2D eigenvalue weighted by atomic mass is 10.1. The predicted molar refractivity (Wildman–Crippen MR) is 130 cm³/mol. The molecule has 3 saturated heterocycles. The fourth-order valence-electron chi connectivity index (χ4n) is 4.94. The number of morpholine rings is 1. The molecule has 3 aliphatic rings. The molecule has 3 fully saturated rings. The summed E-state index contributed by atoms with van der Waals surface area (Å²) in [6, 6.07) is 14.4. The van der Waals surface area contributed by atoms with Crippen LogP contribution in [-0.4, -0.2) is 91.0 Å². The van der Waals surface area contributed by atoms with Gasteiger partial charge in [-0.25, -0.2) is 0 Å². The second-order valence-corrected chi connectivity index (χ2v) is 9.08. The van der Waals surface area contributed by atoms with Gasteiger partial charge in [0, 0.05) is 30.4 Å². The summed E-state index contributed by atoms with van der Waals surface area (Å²) >= 11 is 0. The Labute approximate surface area is 213 Å². The molecule has 0 spiro atoms. The van der Waals surface area contributed by atoms with E-state index in [-0.39, 0.29) is 36.2 Å². The molecule has 1 amide bonds. The van der Waals surface area contributed by atoms with Crippen molar-refractivity contribution in [2.24, 2.45) is 0 Å². The molecule has 4 unspecified atom stereocenters. The first-order valence-electron chi connectivity index (χ1n) is 12.3. The van der Waals surface area contributed by atoms with Gasteiger partial charge in [0.15, 0.2) is 0 Å². The lowest BCUT2D eigenvalue weighted by Gasteiger charge is -2.29. The number of tetrazole rings is 1. The van der Waals surface area contributed by atoms with Crippen LogP contribution in [0.4, 0.5) is 5.69 Å². The first kappa shape index (κ1) is 23.6. The maximum Gasteiger partial charge on any atom is 0.341 e. The third-order valence-corrected chi connectivity index (χ3v) is 6.88. The number of nitrogens with zero attached hydrogens (tertiary/aromatic N) is 5. The highest BCUT2D eigenvalue weighted by Crippen LogP contribution is 2.36. The maximum absolute atomic E-state index is 12.8. The first-order valence-corrected chi connectivity index (χ1v) is 12.3. The molecule has 0 saturated carbocycles. The summed E-state index contributed by atoms with van der Waals surface area (Å²) < 4.78 is 30.4. The minimum absolute atomic E-state index is 0.199. The molecule has 4 heterocycles. The lowest BCUT2D eigenvalue weighted by molar-refractivity contribution is 0.0606. The van der Waals surface area contributed by atoms with E-state index in [9.17, 15) is 4.79 Å². The normalized spacial score (nSPS) is 25.1. The number of fused-ring (bicyclic) bond motifs is 1. The highest BCUT2D eigenvalue weighted by Gasteiger charge is 2.50. The second-order valence-electron chi connectivity index (χ2n) is 9.08. The summed E-state index contributed by atoms with van der Waals surface area (Å²) in [6.45, 7) is 3.73. The van der Waals surface area contributed by atoms with Gasteiger partial charge in [-0.2, -0.15) is 4.68 Å². The first-order chi connectivity index (χ1) is 18.2. The van der Waals surface area contributed by atoms with Crippen molar-refractivity contribution in [3.05, 3.63) is 54.1 Å². The van der Waals surface area contributed by atoms with Crippen molar-refractivity contribution in [2.45, 2.75) is 24.3 Å².